The molecule has 0 aliphatic carbocycles. The molecule has 1 saturated heterocycles. The Morgan fingerprint density at radius 2 is 2.00 bits per heavy atom. The number of carbonyl (C=O) groups is 2. The van der Waals surface area contributed by atoms with Gasteiger partial charge in [0.2, 0.25) is 6.41 Å². The fraction of sp³-hybridized carbons (Fsp3) is 0.308. The molecule has 0 saturated carbocycles. The monoisotopic (exact) mass is 258 g/mol. The van der Waals surface area contributed by atoms with Crippen LogP contribution in [0.2, 0.25) is 0 Å². The number of carbonyl (C=O) groups excluding carboxylic acids is 2. The molecule has 2 aromatic rings. The molecule has 2 amide bonds. The van der Waals surface area contributed by atoms with Crippen molar-refractivity contribution >= 4 is 18.0 Å². The van der Waals surface area contributed by atoms with Crippen LogP contribution in [0.3, 0.4) is 0 Å². The molecule has 0 unspecified atom stereocenters. The van der Waals surface area contributed by atoms with E-state index in [9.17, 15) is 9.59 Å². The van der Waals surface area contributed by atoms with Gasteiger partial charge in [0.05, 0.1) is 0 Å². The highest BCUT2D eigenvalue weighted by molar-refractivity contribution is 5.93. The minimum absolute atomic E-state index is 0.0193. The van der Waals surface area contributed by atoms with Crippen LogP contribution in [-0.4, -0.2) is 57.7 Å². The first kappa shape index (κ1) is 11.7. The highest BCUT2D eigenvalue weighted by Crippen LogP contribution is 2.10. The predicted octanol–water partition coefficient (Wildman–Crippen LogP) is 0.248. The van der Waals surface area contributed by atoms with Crippen molar-refractivity contribution < 1.29 is 9.59 Å². The van der Waals surface area contributed by atoms with E-state index in [0.717, 1.165) is 12.1 Å². The van der Waals surface area contributed by atoms with Gasteiger partial charge in [-0.15, -0.1) is 0 Å². The van der Waals surface area contributed by atoms with Crippen LogP contribution in [0.4, 0.5) is 0 Å². The average molecular weight is 258 g/mol. The molecule has 6 nitrogen and oxygen atoms in total. The lowest BCUT2D eigenvalue weighted by molar-refractivity contribution is -0.119. The van der Waals surface area contributed by atoms with Crippen LogP contribution >= 0.6 is 0 Å². The molecule has 19 heavy (non-hydrogen) atoms. The second-order valence-corrected chi connectivity index (χ2v) is 4.50. The second-order valence-electron chi connectivity index (χ2n) is 4.50. The Balaban J connectivity index is 1.84. The van der Waals surface area contributed by atoms with Crippen LogP contribution in [0.15, 0.2) is 30.6 Å². The minimum Gasteiger partial charge on any atom is -0.342 e. The van der Waals surface area contributed by atoms with E-state index < -0.39 is 0 Å². The number of piperazine rings is 1. The third-order valence-corrected chi connectivity index (χ3v) is 3.40. The molecule has 1 aliphatic rings. The second kappa shape index (κ2) is 4.72. The fourth-order valence-electron chi connectivity index (χ4n) is 2.31. The van der Waals surface area contributed by atoms with Crippen molar-refractivity contribution in [3.63, 3.8) is 0 Å². The van der Waals surface area contributed by atoms with Crippen LogP contribution in [-0.2, 0) is 4.79 Å². The largest absolute Gasteiger partial charge is 0.342 e. The lowest BCUT2D eigenvalue weighted by atomic mass is 10.2. The summed E-state index contributed by atoms with van der Waals surface area (Å²) >= 11 is 0. The summed E-state index contributed by atoms with van der Waals surface area (Å²) in [5, 5.41) is 0. The lowest BCUT2D eigenvalue weighted by Gasteiger charge is -2.32. The van der Waals surface area contributed by atoms with Gasteiger partial charge in [-0.2, -0.15) is 0 Å². The highest BCUT2D eigenvalue weighted by Gasteiger charge is 2.22. The predicted molar refractivity (Wildman–Crippen MR) is 68.7 cm³/mol. The molecule has 3 rings (SSSR count). The van der Waals surface area contributed by atoms with E-state index in [0.29, 0.717) is 31.9 Å². The summed E-state index contributed by atoms with van der Waals surface area (Å²) in [6, 6.07) is 5.49. The number of amides is 2. The summed E-state index contributed by atoms with van der Waals surface area (Å²) in [6.07, 6.45) is 4.29. The van der Waals surface area contributed by atoms with E-state index in [1.54, 1.807) is 32.7 Å². The fourth-order valence-corrected chi connectivity index (χ4v) is 2.31. The summed E-state index contributed by atoms with van der Waals surface area (Å²) in [5.41, 5.74) is 1.37. The zero-order valence-electron chi connectivity index (χ0n) is 10.4. The Hall–Kier alpha value is -2.37. The lowest BCUT2D eigenvalue weighted by Crippen LogP contribution is -2.48. The first-order valence-electron chi connectivity index (χ1n) is 6.20. The Labute approximate surface area is 110 Å². The van der Waals surface area contributed by atoms with Crippen LogP contribution in [0.5, 0.6) is 0 Å². The molecule has 0 bridgehead atoms. The number of hydrogen-bond donors (Lipinski definition) is 0. The first-order valence-corrected chi connectivity index (χ1v) is 6.20. The summed E-state index contributed by atoms with van der Waals surface area (Å²) < 4.78 is 1.79. The molecule has 2 aromatic heterocycles. The van der Waals surface area contributed by atoms with Crippen molar-refractivity contribution in [1.29, 1.82) is 0 Å². The van der Waals surface area contributed by atoms with Gasteiger partial charge in [-0.1, -0.05) is 6.07 Å². The molecule has 0 spiro atoms. The van der Waals surface area contributed by atoms with E-state index >= 15 is 0 Å². The number of imidazole rings is 1. The van der Waals surface area contributed by atoms with Gasteiger partial charge in [0.1, 0.15) is 11.3 Å². The van der Waals surface area contributed by atoms with Crippen molar-refractivity contribution in [3.05, 3.63) is 36.3 Å². The van der Waals surface area contributed by atoms with Gasteiger partial charge in [0, 0.05) is 38.6 Å². The van der Waals surface area contributed by atoms with Crippen molar-refractivity contribution in [2.24, 2.45) is 0 Å². The Morgan fingerprint density at radius 3 is 2.74 bits per heavy atom. The molecule has 0 radical (unpaired) electrons. The molecular weight excluding hydrogens is 244 g/mol. The molecule has 0 N–H and O–H groups in total. The Bertz CT molecular complexity index is 614. The maximum atomic E-state index is 12.5. The van der Waals surface area contributed by atoms with Crippen molar-refractivity contribution in [1.82, 2.24) is 19.2 Å². The molecule has 98 valence electrons. The third kappa shape index (κ3) is 2.05. The van der Waals surface area contributed by atoms with Crippen LogP contribution in [0.1, 0.15) is 10.5 Å². The quantitative estimate of drug-likeness (QED) is 0.725. The Morgan fingerprint density at radius 1 is 1.21 bits per heavy atom. The van der Waals surface area contributed by atoms with Crippen molar-refractivity contribution in [3.8, 4) is 0 Å². The molecule has 1 fully saturated rings. The van der Waals surface area contributed by atoms with E-state index in [1.165, 1.54) is 0 Å². The molecular formula is C13H14N4O2. The first-order chi connectivity index (χ1) is 9.29. The van der Waals surface area contributed by atoms with Gasteiger partial charge in [-0.25, -0.2) is 4.98 Å². The van der Waals surface area contributed by atoms with E-state index in [4.69, 9.17) is 0 Å². The number of hydrogen-bond acceptors (Lipinski definition) is 3. The summed E-state index contributed by atoms with van der Waals surface area (Å²) in [4.78, 5) is 30.8. The Kier molecular flexibility index (Phi) is 2.91. The number of rotatable bonds is 2. The van der Waals surface area contributed by atoms with Gasteiger partial charge < -0.3 is 9.80 Å². The maximum Gasteiger partial charge on any atom is 0.271 e. The summed E-state index contributed by atoms with van der Waals surface area (Å²) in [5.74, 6) is -0.0193. The summed E-state index contributed by atoms with van der Waals surface area (Å²) in [6.45, 7) is 2.33. The van der Waals surface area contributed by atoms with E-state index in [2.05, 4.69) is 4.98 Å². The SMILES string of the molecule is O=CN1CCN(C(=O)c2cccc3nccn23)CC1. The van der Waals surface area contributed by atoms with Gasteiger partial charge in [-0.3, -0.25) is 14.0 Å². The normalized spacial score (nSPS) is 15.8. The third-order valence-electron chi connectivity index (χ3n) is 3.40. The van der Waals surface area contributed by atoms with Crippen LogP contribution in [0.25, 0.3) is 5.65 Å². The van der Waals surface area contributed by atoms with Gasteiger partial charge >= 0.3 is 0 Å². The summed E-state index contributed by atoms with van der Waals surface area (Å²) in [7, 11) is 0. The van der Waals surface area contributed by atoms with Gasteiger partial charge in [0.15, 0.2) is 0 Å². The number of pyridine rings is 1. The van der Waals surface area contributed by atoms with Crippen molar-refractivity contribution in [2.75, 3.05) is 26.2 Å². The average Bonchev–Trinajstić information content (AvgIpc) is 2.95. The van der Waals surface area contributed by atoms with E-state index in [-0.39, 0.29) is 5.91 Å². The van der Waals surface area contributed by atoms with Gasteiger partial charge in [-0.05, 0) is 12.1 Å². The van der Waals surface area contributed by atoms with Crippen LogP contribution < -0.4 is 0 Å². The standard InChI is InChI=1S/C13H14N4O2/c18-10-15-6-8-16(9-7-15)13(19)11-2-1-3-12-14-4-5-17(11)12/h1-5,10H,6-9H2. The molecule has 3 heterocycles. The zero-order valence-corrected chi connectivity index (χ0v) is 10.4. The molecule has 0 atom stereocenters. The number of fused-ring (bicyclic) bond motifs is 1. The topological polar surface area (TPSA) is 57.9 Å². The van der Waals surface area contributed by atoms with Crippen molar-refractivity contribution in [2.45, 2.75) is 0 Å². The van der Waals surface area contributed by atoms with Gasteiger partial charge in [0.25, 0.3) is 5.91 Å². The smallest absolute Gasteiger partial charge is 0.271 e. The molecule has 0 aromatic carbocycles. The van der Waals surface area contributed by atoms with Crippen LogP contribution in [0, 0.1) is 0 Å². The minimum atomic E-state index is -0.0193. The highest BCUT2D eigenvalue weighted by atomic mass is 16.2. The zero-order chi connectivity index (χ0) is 13.2. The number of nitrogens with zero attached hydrogens (tertiary/aromatic N) is 4. The molecule has 1 aliphatic heterocycles. The van der Waals surface area contributed by atoms with E-state index in [1.807, 2.05) is 12.1 Å². The maximum absolute atomic E-state index is 12.5. The number of aromatic nitrogens is 2. The molecule has 6 heteroatoms.